The highest BCUT2D eigenvalue weighted by Gasteiger charge is 2.23. The Morgan fingerprint density at radius 3 is 2.38 bits per heavy atom. The van der Waals surface area contributed by atoms with Crippen LogP contribution in [0.15, 0.2) is 42.5 Å². The molecule has 3 rings (SSSR count). The molecular formula is C20H20N2O4. The first-order chi connectivity index (χ1) is 12.5. The summed E-state index contributed by atoms with van der Waals surface area (Å²) in [5.74, 6) is -0.630. The van der Waals surface area contributed by atoms with E-state index < -0.39 is 5.97 Å². The fraction of sp³-hybridized carbons (Fsp3) is 0.250. The molecule has 1 aliphatic heterocycles. The van der Waals surface area contributed by atoms with Gasteiger partial charge < -0.3 is 15.0 Å². The highest BCUT2D eigenvalue weighted by molar-refractivity contribution is 6.05. The van der Waals surface area contributed by atoms with Gasteiger partial charge in [-0.05, 0) is 55.3 Å². The molecule has 26 heavy (non-hydrogen) atoms. The van der Waals surface area contributed by atoms with E-state index in [0.29, 0.717) is 29.8 Å². The van der Waals surface area contributed by atoms with Gasteiger partial charge in [-0.1, -0.05) is 6.07 Å². The predicted octanol–water partition coefficient (Wildman–Crippen LogP) is 3.16. The van der Waals surface area contributed by atoms with E-state index in [1.807, 2.05) is 19.1 Å². The Bertz CT molecular complexity index is 859. The molecule has 2 aromatic rings. The standard InChI is InChI=1S/C20H20N2O4/c1-13-5-10-16(12-17(13)22-11-3-4-18(22)23)21-19(24)14-6-8-15(9-7-14)20(25)26-2/h5-10,12H,3-4,11H2,1-2H3,(H,21,24). The molecule has 0 aliphatic carbocycles. The first-order valence-electron chi connectivity index (χ1n) is 8.40. The van der Waals surface area contributed by atoms with Crippen molar-refractivity contribution in [2.45, 2.75) is 19.8 Å². The number of amides is 2. The van der Waals surface area contributed by atoms with Crippen molar-refractivity contribution in [3.8, 4) is 0 Å². The van der Waals surface area contributed by atoms with Crippen molar-refractivity contribution in [3.63, 3.8) is 0 Å². The molecule has 0 unspecified atom stereocenters. The Hall–Kier alpha value is -3.15. The minimum Gasteiger partial charge on any atom is -0.465 e. The number of hydrogen-bond donors (Lipinski definition) is 1. The molecule has 0 aromatic heterocycles. The number of rotatable bonds is 4. The van der Waals surface area contributed by atoms with Crippen LogP contribution in [-0.4, -0.2) is 31.4 Å². The van der Waals surface area contributed by atoms with Crippen LogP contribution in [0.25, 0.3) is 0 Å². The van der Waals surface area contributed by atoms with Crippen LogP contribution in [0.1, 0.15) is 39.1 Å². The summed E-state index contributed by atoms with van der Waals surface area (Å²) in [6.07, 6.45) is 1.41. The Kier molecular flexibility index (Phi) is 5.02. The maximum atomic E-state index is 12.4. The molecule has 6 heteroatoms. The second kappa shape index (κ2) is 7.39. The van der Waals surface area contributed by atoms with Gasteiger partial charge >= 0.3 is 5.97 Å². The molecule has 0 bridgehead atoms. The number of carbonyl (C=O) groups is 3. The number of nitrogens with one attached hydrogen (secondary N) is 1. The lowest BCUT2D eigenvalue weighted by molar-refractivity contribution is -0.117. The van der Waals surface area contributed by atoms with Crippen LogP contribution in [0.3, 0.4) is 0 Å². The van der Waals surface area contributed by atoms with Gasteiger partial charge in [0.15, 0.2) is 0 Å². The summed E-state index contributed by atoms with van der Waals surface area (Å²) in [6, 6.07) is 11.7. The van der Waals surface area contributed by atoms with Gasteiger partial charge in [0.25, 0.3) is 5.91 Å². The molecule has 0 saturated carbocycles. The van der Waals surface area contributed by atoms with Crippen LogP contribution in [0.2, 0.25) is 0 Å². The second-order valence-electron chi connectivity index (χ2n) is 6.17. The predicted molar refractivity (Wildman–Crippen MR) is 98.5 cm³/mol. The minimum absolute atomic E-state index is 0.106. The Morgan fingerprint density at radius 1 is 1.08 bits per heavy atom. The topological polar surface area (TPSA) is 75.7 Å². The fourth-order valence-corrected chi connectivity index (χ4v) is 2.96. The van der Waals surface area contributed by atoms with Gasteiger partial charge in [-0.3, -0.25) is 9.59 Å². The second-order valence-corrected chi connectivity index (χ2v) is 6.17. The van der Waals surface area contributed by atoms with Crippen LogP contribution < -0.4 is 10.2 Å². The van der Waals surface area contributed by atoms with Gasteiger partial charge in [0, 0.05) is 29.9 Å². The van der Waals surface area contributed by atoms with Crippen molar-refractivity contribution in [2.75, 3.05) is 23.9 Å². The minimum atomic E-state index is -0.449. The van der Waals surface area contributed by atoms with Gasteiger partial charge in [-0.2, -0.15) is 0 Å². The summed E-state index contributed by atoms with van der Waals surface area (Å²) >= 11 is 0. The summed E-state index contributed by atoms with van der Waals surface area (Å²) in [5.41, 5.74) is 3.24. The Balaban J connectivity index is 1.77. The number of aryl methyl sites for hydroxylation is 1. The van der Waals surface area contributed by atoms with Crippen LogP contribution in [0.5, 0.6) is 0 Å². The van der Waals surface area contributed by atoms with E-state index in [4.69, 9.17) is 0 Å². The molecule has 1 heterocycles. The number of nitrogens with zero attached hydrogens (tertiary/aromatic N) is 1. The van der Waals surface area contributed by atoms with E-state index in [0.717, 1.165) is 17.7 Å². The van der Waals surface area contributed by atoms with Crippen molar-refractivity contribution >= 4 is 29.2 Å². The fourth-order valence-electron chi connectivity index (χ4n) is 2.96. The van der Waals surface area contributed by atoms with E-state index in [1.165, 1.54) is 7.11 Å². The molecular weight excluding hydrogens is 332 g/mol. The normalized spacial score (nSPS) is 13.6. The summed E-state index contributed by atoms with van der Waals surface area (Å²) in [5, 5.41) is 2.83. The van der Waals surface area contributed by atoms with Gasteiger partial charge in [0.2, 0.25) is 5.91 Å². The average molecular weight is 352 g/mol. The summed E-state index contributed by atoms with van der Waals surface area (Å²) in [7, 11) is 1.31. The van der Waals surface area contributed by atoms with E-state index in [9.17, 15) is 14.4 Å². The van der Waals surface area contributed by atoms with E-state index >= 15 is 0 Å². The molecule has 0 atom stereocenters. The highest BCUT2D eigenvalue weighted by Crippen LogP contribution is 2.28. The maximum Gasteiger partial charge on any atom is 0.337 e. The lowest BCUT2D eigenvalue weighted by Gasteiger charge is -2.19. The molecule has 2 amide bonds. The number of carbonyl (C=O) groups excluding carboxylic acids is 3. The molecule has 1 fully saturated rings. The first kappa shape index (κ1) is 17.7. The Labute approximate surface area is 151 Å². The number of esters is 1. The molecule has 0 radical (unpaired) electrons. The van der Waals surface area contributed by atoms with Crippen LogP contribution in [-0.2, 0) is 9.53 Å². The van der Waals surface area contributed by atoms with Gasteiger partial charge in [-0.25, -0.2) is 4.79 Å². The SMILES string of the molecule is COC(=O)c1ccc(C(=O)Nc2ccc(C)c(N3CCCC3=O)c2)cc1. The summed E-state index contributed by atoms with van der Waals surface area (Å²) in [6.45, 7) is 2.64. The zero-order valence-electron chi connectivity index (χ0n) is 14.7. The molecule has 0 spiro atoms. The molecule has 2 aromatic carbocycles. The number of methoxy groups -OCH3 is 1. The van der Waals surface area contributed by atoms with Crippen molar-refractivity contribution in [1.82, 2.24) is 0 Å². The zero-order chi connectivity index (χ0) is 18.7. The molecule has 1 aliphatic rings. The average Bonchev–Trinajstić information content (AvgIpc) is 3.08. The largest absolute Gasteiger partial charge is 0.465 e. The molecule has 1 saturated heterocycles. The quantitative estimate of drug-likeness (QED) is 0.858. The zero-order valence-corrected chi connectivity index (χ0v) is 14.7. The van der Waals surface area contributed by atoms with Crippen LogP contribution in [0, 0.1) is 6.92 Å². The van der Waals surface area contributed by atoms with Crippen LogP contribution in [0.4, 0.5) is 11.4 Å². The highest BCUT2D eigenvalue weighted by atomic mass is 16.5. The third kappa shape index (κ3) is 3.59. The number of hydrogen-bond acceptors (Lipinski definition) is 4. The van der Waals surface area contributed by atoms with Crippen molar-refractivity contribution < 1.29 is 19.1 Å². The third-order valence-corrected chi connectivity index (χ3v) is 4.40. The lowest BCUT2D eigenvalue weighted by Crippen LogP contribution is -2.24. The van der Waals surface area contributed by atoms with Crippen molar-refractivity contribution in [3.05, 3.63) is 59.2 Å². The Morgan fingerprint density at radius 2 is 1.77 bits per heavy atom. The smallest absolute Gasteiger partial charge is 0.337 e. The van der Waals surface area contributed by atoms with E-state index in [-0.39, 0.29) is 11.8 Å². The number of benzene rings is 2. The molecule has 6 nitrogen and oxygen atoms in total. The van der Waals surface area contributed by atoms with E-state index in [2.05, 4.69) is 10.1 Å². The monoisotopic (exact) mass is 352 g/mol. The van der Waals surface area contributed by atoms with Crippen molar-refractivity contribution in [1.29, 1.82) is 0 Å². The molecule has 1 N–H and O–H groups in total. The van der Waals surface area contributed by atoms with Crippen LogP contribution >= 0.6 is 0 Å². The first-order valence-corrected chi connectivity index (χ1v) is 8.40. The summed E-state index contributed by atoms with van der Waals surface area (Å²) < 4.78 is 4.64. The number of ether oxygens (including phenoxy) is 1. The lowest BCUT2D eigenvalue weighted by atomic mass is 10.1. The van der Waals surface area contributed by atoms with Gasteiger partial charge in [0.05, 0.1) is 12.7 Å². The van der Waals surface area contributed by atoms with Gasteiger partial charge in [-0.15, -0.1) is 0 Å². The van der Waals surface area contributed by atoms with E-state index in [1.54, 1.807) is 35.2 Å². The third-order valence-electron chi connectivity index (χ3n) is 4.40. The summed E-state index contributed by atoms with van der Waals surface area (Å²) in [4.78, 5) is 37.6. The van der Waals surface area contributed by atoms with Crippen molar-refractivity contribution in [2.24, 2.45) is 0 Å². The number of anilines is 2. The maximum absolute atomic E-state index is 12.4. The molecule has 134 valence electrons. The van der Waals surface area contributed by atoms with Gasteiger partial charge in [0.1, 0.15) is 0 Å².